The van der Waals surface area contributed by atoms with E-state index in [1.54, 1.807) is 37.3 Å². The monoisotopic (exact) mass is 382 g/mol. The summed E-state index contributed by atoms with van der Waals surface area (Å²) in [5, 5.41) is 3.97. The van der Waals surface area contributed by atoms with Gasteiger partial charge in [-0.2, -0.15) is 0 Å². The first kappa shape index (κ1) is 19.0. The minimum Gasteiger partial charge on any atom is -0.265 e. The first-order valence-electron chi connectivity index (χ1n) is 8.62. The molecular formula is C20H22N4O2S. The van der Waals surface area contributed by atoms with Crippen molar-refractivity contribution in [2.45, 2.75) is 37.1 Å². The van der Waals surface area contributed by atoms with Gasteiger partial charge in [0, 0.05) is 17.4 Å². The molecule has 0 aromatic heterocycles. The van der Waals surface area contributed by atoms with Crippen molar-refractivity contribution in [1.82, 2.24) is 0 Å². The van der Waals surface area contributed by atoms with Crippen molar-refractivity contribution in [3.63, 3.8) is 0 Å². The number of sulfonamides is 1. The maximum Gasteiger partial charge on any atom is 0.264 e. The van der Waals surface area contributed by atoms with Crippen LogP contribution in [0.25, 0.3) is 10.4 Å². The zero-order valence-corrected chi connectivity index (χ0v) is 16.4. The molecule has 27 heavy (non-hydrogen) atoms. The predicted octanol–water partition coefficient (Wildman–Crippen LogP) is 4.85. The Morgan fingerprint density at radius 2 is 1.85 bits per heavy atom. The summed E-state index contributed by atoms with van der Waals surface area (Å²) in [7, 11) is -3.81. The van der Waals surface area contributed by atoms with Gasteiger partial charge < -0.3 is 0 Å². The van der Waals surface area contributed by atoms with Crippen LogP contribution >= 0.6 is 0 Å². The van der Waals surface area contributed by atoms with Crippen molar-refractivity contribution in [2.75, 3.05) is 10.8 Å². The first-order valence-corrected chi connectivity index (χ1v) is 10.1. The number of nitrogens with zero attached hydrogens (tertiary/aromatic N) is 4. The van der Waals surface area contributed by atoms with Crippen molar-refractivity contribution in [3.8, 4) is 0 Å². The molecular weight excluding hydrogens is 360 g/mol. The molecule has 140 valence electrons. The average molecular weight is 382 g/mol. The van der Waals surface area contributed by atoms with Gasteiger partial charge in [0.25, 0.3) is 10.0 Å². The lowest BCUT2D eigenvalue weighted by molar-refractivity contribution is 0.416. The second-order valence-electron chi connectivity index (χ2n) is 7.15. The lowest BCUT2D eigenvalue weighted by Gasteiger charge is -2.43. The maximum absolute atomic E-state index is 13.4. The topological polar surface area (TPSA) is 86.1 Å². The van der Waals surface area contributed by atoms with E-state index in [9.17, 15) is 8.42 Å². The van der Waals surface area contributed by atoms with Crippen molar-refractivity contribution < 1.29 is 8.42 Å². The van der Waals surface area contributed by atoms with Crippen LogP contribution in [0.4, 0.5) is 5.69 Å². The van der Waals surface area contributed by atoms with Gasteiger partial charge in [-0.3, -0.25) is 4.31 Å². The summed E-state index contributed by atoms with van der Waals surface area (Å²) < 4.78 is 28.1. The Kier molecular flexibility index (Phi) is 4.76. The molecule has 0 N–H and O–H groups in total. The molecule has 0 fully saturated rings. The van der Waals surface area contributed by atoms with Crippen LogP contribution in [-0.4, -0.2) is 20.5 Å². The Morgan fingerprint density at radius 3 is 2.44 bits per heavy atom. The number of fused-ring (bicyclic) bond motifs is 1. The number of benzene rings is 2. The van der Waals surface area contributed by atoms with Crippen LogP contribution in [-0.2, 0) is 10.0 Å². The highest BCUT2D eigenvalue weighted by molar-refractivity contribution is 7.92. The van der Waals surface area contributed by atoms with Crippen LogP contribution in [0.1, 0.15) is 29.5 Å². The Labute approximate surface area is 159 Å². The predicted molar refractivity (Wildman–Crippen MR) is 107 cm³/mol. The van der Waals surface area contributed by atoms with Gasteiger partial charge >= 0.3 is 0 Å². The summed E-state index contributed by atoms with van der Waals surface area (Å²) in [6.45, 7) is 9.55. The zero-order valence-electron chi connectivity index (χ0n) is 15.6. The number of hydrogen-bond donors (Lipinski definition) is 0. The van der Waals surface area contributed by atoms with Gasteiger partial charge in [0.15, 0.2) is 0 Å². The molecule has 0 unspecified atom stereocenters. The molecule has 1 aliphatic heterocycles. The summed E-state index contributed by atoms with van der Waals surface area (Å²) in [4.78, 5) is 3.19. The molecule has 0 spiro atoms. The van der Waals surface area contributed by atoms with Crippen molar-refractivity contribution in [2.24, 2.45) is 5.11 Å². The van der Waals surface area contributed by atoms with Gasteiger partial charge in [-0.25, -0.2) is 8.42 Å². The molecule has 0 bridgehead atoms. The van der Waals surface area contributed by atoms with E-state index in [1.807, 2.05) is 32.0 Å². The summed E-state index contributed by atoms with van der Waals surface area (Å²) in [5.74, 6) is -0.284. The summed E-state index contributed by atoms with van der Waals surface area (Å²) >= 11 is 0. The third-order valence-corrected chi connectivity index (χ3v) is 6.81. The molecule has 0 saturated carbocycles. The molecule has 0 amide bonds. The molecule has 0 radical (unpaired) electrons. The fraction of sp³-hybridized carbons (Fsp3) is 0.300. The van der Waals surface area contributed by atoms with E-state index in [0.29, 0.717) is 5.69 Å². The Hall–Kier alpha value is -2.76. The number of azide groups is 1. The minimum absolute atomic E-state index is 0.0417. The molecule has 2 aromatic carbocycles. The van der Waals surface area contributed by atoms with Crippen molar-refractivity contribution >= 4 is 15.7 Å². The van der Waals surface area contributed by atoms with Gasteiger partial charge in [0.05, 0.1) is 16.1 Å². The second kappa shape index (κ2) is 6.76. The molecule has 6 nitrogen and oxygen atoms in total. The van der Waals surface area contributed by atoms with E-state index < -0.39 is 15.6 Å². The van der Waals surface area contributed by atoms with Gasteiger partial charge in [-0.1, -0.05) is 53.5 Å². The molecule has 0 aliphatic carbocycles. The van der Waals surface area contributed by atoms with E-state index in [1.165, 1.54) is 4.31 Å². The average Bonchev–Trinajstić information content (AvgIpc) is 2.61. The highest BCUT2D eigenvalue weighted by atomic mass is 32.2. The lowest BCUT2D eigenvalue weighted by atomic mass is 9.77. The lowest BCUT2D eigenvalue weighted by Crippen LogP contribution is -2.50. The van der Waals surface area contributed by atoms with Gasteiger partial charge in [-0.15, -0.1) is 6.58 Å². The van der Waals surface area contributed by atoms with Crippen LogP contribution in [0.5, 0.6) is 0 Å². The van der Waals surface area contributed by atoms with Crippen LogP contribution in [0, 0.1) is 13.8 Å². The Balaban J connectivity index is 2.25. The normalized spacial score (nSPS) is 21.9. The zero-order chi connectivity index (χ0) is 19.8. The van der Waals surface area contributed by atoms with Crippen LogP contribution in [0.15, 0.2) is 65.1 Å². The standard InChI is InChI=1S/C20H22N4O2S/c1-5-18-17-12-15(3)8-11-19(17)24(13-20(18,4)22-23-21)27(25,26)16-9-6-14(2)7-10-16/h5-12,18H,1,13H2,2-4H3/t18-,20+/m0/s1. The molecule has 1 heterocycles. The van der Waals surface area contributed by atoms with E-state index in [-0.39, 0.29) is 17.4 Å². The smallest absolute Gasteiger partial charge is 0.264 e. The quantitative estimate of drug-likeness (QED) is 0.327. The van der Waals surface area contributed by atoms with Crippen LogP contribution < -0.4 is 4.31 Å². The number of aryl methyl sites for hydroxylation is 2. The number of rotatable bonds is 4. The van der Waals surface area contributed by atoms with Gasteiger partial charge in [0.2, 0.25) is 0 Å². The summed E-state index contributed by atoms with van der Waals surface area (Å²) in [5.41, 5.74) is 11.5. The third-order valence-electron chi connectivity index (χ3n) is 5.04. The number of anilines is 1. The first-order chi connectivity index (χ1) is 12.7. The fourth-order valence-electron chi connectivity index (χ4n) is 3.59. The van der Waals surface area contributed by atoms with Crippen molar-refractivity contribution in [3.05, 3.63) is 82.3 Å². The number of hydrogen-bond acceptors (Lipinski definition) is 3. The Bertz CT molecular complexity index is 1040. The SMILES string of the molecule is C=C[C@H]1c2cc(C)ccc2N(S(=O)(=O)c2ccc(C)cc2)C[C@@]1(C)N=[N+]=[N-]. The van der Waals surface area contributed by atoms with E-state index in [4.69, 9.17) is 5.53 Å². The third kappa shape index (κ3) is 3.20. The molecule has 7 heteroatoms. The molecule has 2 atom stereocenters. The molecule has 2 aromatic rings. The van der Waals surface area contributed by atoms with Crippen molar-refractivity contribution in [1.29, 1.82) is 0 Å². The van der Waals surface area contributed by atoms with E-state index in [0.717, 1.165) is 16.7 Å². The fourth-order valence-corrected chi connectivity index (χ4v) is 5.18. The van der Waals surface area contributed by atoms with Crippen LogP contribution in [0.3, 0.4) is 0 Å². The highest BCUT2D eigenvalue weighted by Crippen LogP contribution is 2.45. The summed E-state index contributed by atoms with van der Waals surface area (Å²) in [6.07, 6.45) is 1.72. The maximum atomic E-state index is 13.4. The Morgan fingerprint density at radius 1 is 1.22 bits per heavy atom. The van der Waals surface area contributed by atoms with E-state index in [2.05, 4.69) is 16.6 Å². The molecule has 1 aliphatic rings. The minimum atomic E-state index is -3.81. The highest BCUT2D eigenvalue weighted by Gasteiger charge is 2.44. The molecule has 0 saturated heterocycles. The largest absolute Gasteiger partial charge is 0.265 e. The van der Waals surface area contributed by atoms with Crippen LogP contribution in [0.2, 0.25) is 0 Å². The summed E-state index contributed by atoms with van der Waals surface area (Å²) in [6, 6.07) is 12.4. The second-order valence-corrected chi connectivity index (χ2v) is 9.01. The van der Waals surface area contributed by atoms with E-state index >= 15 is 0 Å². The molecule has 3 rings (SSSR count). The van der Waals surface area contributed by atoms with Gasteiger partial charge in [-0.05, 0) is 43.1 Å². The van der Waals surface area contributed by atoms with Gasteiger partial charge in [0.1, 0.15) is 0 Å².